The van der Waals surface area contributed by atoms with Crippen molar-refractivity contribution < 1.29 is 8.42 Å². The van der Waals surface area contributed by atoms with Gasteiger partial charge in [-0.2, -0.15) is 5.10 Å². The highest BCUT2D eigenvalue weighted by Crippen LogP contribution is 2.27. The summed E-state index contributed by atoms with van der Waals surface area (Å²) in [6, 6.07) is 0. The van der Waals surface area contributed by atoms with Gasteiger partial charge in [0.2, 0.25) is 10.0 Å². The van der Waals surface area contributed by atoms with E-state index in [1.807, 2.05) is 13.8 Å². The van der Waals surface area contributed by atoms with Crippen molar-refractivity contribution in [3.63, 3.8) is 0 Å². The van der Waals surface area contributed by atoms with Crippen LogP contribution in [0.2, 0.25) is 0 Å². The quantitative estimate of drug-likeness (QED) is 0.747. The van der Waals surface area contributed by atoms with Crippen molar-refractivity contribution in [2.24, 2.45) is 5.41 Å². The summed E-state index contributed by atoms with van der Waals surface area (Å²) in [7, 11) is -3.48. The lowest BCUT2D eigenvalue weighted by Crippen LogP contribution is -2.38. The molecule has 1 heterocycles. The Morgan fingerprint density at radius 3 is 2.53 bits per heavy atom. The Morgan fingerprint density at radius 1 is 1.47 bits per heavy atom. The van der Waals surface area contributed by atoms with Gasteiger partial charge in [0, 0.05) is 18.6 Å². The maximum Gasteiger partial charge on any atom is 0.243 e. The zero-order chi connectivity index (χ0) is 12.9. The summed E-state index contributed by atoms with van der Waals surface area (Å²) in [6.07, 6.45) is 4.30. The number of alkyl halides is 1. The van der Waals surface area contributed by atoms with Crippen LogP contribution in [0, 0.1) is 5.41 Å². The monoisotopic (exact) mass is 279 g/mol. The summed E-state index contributed by atoms with van der Waals surface area (Å²) in [4.78, 5) is 0.146. The van der Waals surface area contributed by atoms with E-state index in [0.29, 0.717) is 12.4 Å². The lowest BCUT2D eigenvalue weighted by Gasteiger charge is -2.29. The van der Waals surface area contributed by atoms with Gasteiger partial charge in [-0.1, -0.05) is 13.8 Å². The minimum Gasteiger partial charge on any atom is -0.284 e. The van der Waals surface area contributed by atoms with E-state index in [9.17, 15) is 8.42 Å². The average molecular weight is 280 g/mol. The molecule has 0 aliphatic rings. The molecular formula is C10H18ClN3O2S. The second-order valence-electron chi connectivity index (χ2n) is 4.10. The highest BCUT2D eigenvalue weighted by atomic mass is 35.5. The van der Waals surface area contributed by atoms with Crippen LogP contribution >= 0.6 is 11.6 Å². The highest BCUT2D eigenvalue weighted by molar-refractivity contribution is 7.89. The van der Waals surface area contributed by atoms with Gasteiger partial charge < -0.3 is 0 Å². The molecule has 1 rings (SSSR count). The van der Waals surface area contributed by atoms with E-state index in [4.69, 9.17) is 11.6 Å². The van der Waals surface area contributed by atoms with Crippen LogP contribution < -0.4 is 4.72 Å². The van der Waals surface area contributed by atoms with Crippen molar-refractivity contribution >= 4 is 21.6 Å². The predicted molar refractivity (Wildman–Crippen MR) is 67.5 cm³/mol. The molecule has 0 aliphatic heterocycles. The standard InChI is InChI=1S/C10H18ClN3O2S/c1-3-10(4-2,7-11)8-14-17(15,16)9-5-12-13-6-9/h5-6,14H,3-4,7-8H2,1-2H3,(H,12,13). The lowest BCUT2D eigenvalue weighted by molar-refractivity contribution is 0.304. The molecule has 0 radical (unpaired) electrons. The smallest absolute Gasteiger partial charge is 0.243 e. The first-order valence-corrected chi connectivity index (χ1v) is 7.56. The fraction of sp³-hybridized carbons (Fsp3) is 0.700. The fourth-order valence-electron chi connectivity index (χ4n) is 1.45. The number of halogens is 1. The first kappa shape index (κ1) is 14.5. The molecule has 7 heteroatoms. The first-order chi connectivity index (χ1) is 7.99. The molecule has 0 spiro atoms. The van der Waals surface area contributed by atoms with Crippen molar-refractivity contribution in [2.75, 3.05) is 12.4 Å². The summed E-state index contributed by atoms with van der Waals surface area (Å²) in [5.74, 6) is 0.438. The number of nitrogens with one attached hydrogen (secondary N) is 2. The number of hydrogen-bond acceptors (Lipinski definition) is 3. The zero-order valence-corrected chi connectivity index (χ0v) is 11.6. The fourth-order valence-corrected chi connectivity index (χ4v) is 2.99. The third kappa shape index (κ3) is 3.43. The van der Waals surface area contributed by atoms with Crippen LogP contribution in [-0.4, -0.2) is 31.0 Å². The van der Waals surface area contributed by atoms with Gasteiger partial charge in [-0.05, 0) is 18.3 Å². The maximum atomic E-state index is 11.9. The van der Waals surface area contributed by atoms with Crippen molar-refractivity contribution in [2.45, 2.75) is 31.6 Å². The number of sulfonamides is 1. The molecule has 0 atom stereocenters. The Kier molecular flexibility index (Phi) is 4.97. The van der Waals surface area contributed by atoms with E-state index in [1.165, 1.54) is 12.4 Å². The molecule has 0 fully saturated rings. The van der Waals surface area contributed by atoms with Crippen LogP contribution in [0.15, 0.2) is 17.3 Å². The number of aromatic amines is 1. The molecule has 1 aromatic heterocycles. The molecule has 5 nitrogen and oxygen atoms in total. The molecule has 0 saturated heterocycles. The second-order valence-corrected chi connectivity index (χ2v) is 6.13. The molecule has 17 heavy (non-hydrogen) atoms. The summed E-state index contributed by atoms with van der Waals surface area (Å²) in [5.41, 5.74) is -0.182. The van der Waals surface area contributed by atoms with E-state index in [2.05, 4.69) is 14.9 Å². The van der Waals surface area contributed by atoms with Crippen LogP contribution in [0.5, 0.6) is 0 Å². The number of aromatic nitrogens is 2. The Morgan fingerprint density at radius 2 is 2.12 bits per heavy atom. The number of nitrogens with zero attached hydrogens (tertiary/aromatic N) is 1. The molecule has 1 aromatic rings. The van der Waals surface area contributed by atoms with Crippen molar-refractivity contribution in [3.05, 3.63) is 12.4 Å². The summed E-state index contributed by atoms with van der Waals surface area (Å²) in [6.45, 7) is 4.37. The molecule has 2 N–H and O–H groups in total. The van der Waals surface area contributed by atoms with Gasteiger partial charge in [-0.15, -0.1) is 11.6 Å². The minimum absolute atomic E-state index is 0.146. The molecule has 98 valence electrons. The Hall–Kier alpha value is -0.590. The molecular weight excluding hydrogens is 262 g/mol. The third-order valence-corrected chi connectivity index (χ3v) is 5.14. The second kappa shape index (κ2) is 5.84. The summed E-state index contributed by atoms with van der Waals surface area (Å²) >= 11 is 5.92. The zero-order valence-electron chi connectivity index (χ0n) is 10.0. The maximum absolute atomic E-state index is 11.9. The average Bonchev–Trinajstić information content (AvgIpc) is 2.86. The molecule has 0 bridgehead atoms. The van der Waals surface area contributed by atoms with Crippen molar-refractivity contribution in [1.82, 2.24) is 14.9 Å². The molecule has 0 aliphatic carbocycles. The van der Waals surface area contributed by atoms with Crippen LogP contribution in [0.25, 0.3) is 0 Å². The number of rotatable bonds is 7. The van der Waals surface area contributed by atoms with E-state index < -0.39 is 10.0 Å². The van der Waals surface area contributed by atoms with E-state index in [-0.39, 0.29) is 10.3 Å². The van der Waals surface area contributed by atoms with Gasteiger partial charge in [0.05, 0.1) is 6.20 Å². The first-order valence-electron chi connectivity index (χ1n) is 5.54. The summed E-state index contributed by atoms with van der Waals surface area (Å²) in [5, 5.41) is 6.10. The van der Waals surface area contributed by atoms with Gasteiger partial charge >= 0.3 is 0 Å². The molecule has 0 unspecified atom stereocenters. The topological polar surface area (TPSA) is 74.8 Å². The van der Waals surface area contributed by atoms with Crippen LogP contribution in [0.4, 0.5) is 0 Å². The molecule has 0 amide bonds. The van der Waals surface area contributed by atoms with Crippen LogP contribution in [0.1, 0.15) is 26.7 Å². The largest absolute Gasteiger partial charge is 0.284 e. The summed E-state index contributed by atoms with van der Waals surface area (Å²) < 4.78 is 26.3. The third-order valence-electron chi connectivity index (χ3n) is 3.20. The van der Waals surface area contributed by atoms with Crippen molar-refractivity contribution in [1.29, 1.82) is 0 Å². The Labute approximate surface area is 107 Å². The van der Waals surface area contributed by atoms with E-state index >= 15 is 0 Å². The van der Waals surface area contributed by atoms with Gasteiger partial charge in [-0.3, -0.25) is 5.10 Å². The van der Waals surface area contributed by atoms with E-state index in [1.54, 1.807) is 0 Å². The van der Waals surface area contributed by atoms with Gasteiger partial charge in [-0.25, -0.2) is 13.1 Å². The molecule has 0 saturated carbocycles. The van der Waals surface area contributed by atoms with Gasteiger partial charge in [0.15, 0.2) is 0 Å². The molecule has 0 aromatic carbocycles. The van der Waals surface area contributed by atoms with Crippen molar-refractivity contribution in [3.8, 4) is 0 Å². The number of hydrogen-bond donors (Lipinski definition) is 2. The van der Waals surface area contributed by atoms with Gasteiger partial charge in [0.1, 0.15) is 4.90 Å². The Bertz CT molecular complexity index is 418. The number of H-pyrrole nitrogens is 1. The normalized spacial score (nSPS) is 12.9. The van der Waals surface area contributed by atoms with Crippen LogP contribution in [0.3, 0.4) is 0 Å². The lowest BCUT2D eigenvalue weighted by atomic mass is 9.85. The minimum atomic E-state index is -3.48. The predicted octanol–water partition coefficient (Wildman–Crippen LogP) is 1.73. The van der Waals surface area contributed by atoms with E-state index in [0.717, 1.165) is 12.8 Å². The SMILES string of the molecule is CCC(CC)(CCl)CNS(=O)(=O)c1cn[nH]c1. The highest BCUT2D eigenvalue weighted by Gasteiger charge is 2.27. The Balaban J connectivity index is 2.73. The van der Waals surface area contributed by atoms with Gasteiger partial charge in [0.25, 0.3) is 0 Å². The van der Waals surface area contributed by atoms with Crippen LogP contribution in [-0.2, 0) is 10.0 Å².